The molecule has 0 aromatic carbocycles. The van der Waals surface area contributed by atoms with Crippen LogP contribution in [0.15, 0.2) is 0 Å². The topological polar surface area (TPSA) is 111 Å². The van der Waals surface area contributed by atoms with Crippen LogP contribution in [-0.4, -0.2) is 36.3 Å². The van der Waals surface area contributed by atoms with Gasteiger partial charge in [-0.25, -0.2) is 0 Å². The first kappa shape index (κ1) is 16.3. The fourth-order valence-electron chi connectivity index (χ4n) is 2.73. The van der Waals surface area contributed by atoms with Crippen LogP contribution in [0.2, 0.25) is 0 Å². The lowest BCUT2D eigenvalue weighted by Crippen LogP contribution is -2.49. The Balaban J connectivity index is 1.89. The molecule has 7 heteroatoms. The number of nitrogens with one attached hydrogen (secondary N) is 3. The number of hydrogen-bond acceptors (Lipinski definition) is 4. The molecule has 7 nitrogen and oxygen atoms in total. The van der Waals surface area contributed by atoms with E-state index >= 15 is 0 Å². The van der Waals surface area contributed by atoms with E-state index in [1.807, 2.05) is 6.07 Å². The Labute approximate surface area is 129 Å². The van der Waals surface area contributed by atoms with E-state index in [1.54, 1.807) is 0 Å². The van der Waals surface area contributed by atoms with Crippen molar-refractivity contribution in [1.82, 2.24) is 16.0 Å². The number of carbonyl (C=O) groups excluding carboxylic acids is 3. The van der Waals surface area contributed by atoms with Crippen molar-refractivity contribution in [1.29, 1.82) is 5.26 Å². The maximum atomic E-state index is 12.3. The van der Waals surface area contributed by atoms with Crippen molar-refractivity contribution in [2.45, 2.75) is 51.1 Å². The quantitative estimate of drug-likeness (QED) is 0.606. The summed E-state index contributed by atoms with van der Waals surface area (Å²) >= 11 is 0. The van der Waals surface area contributed by atoms with Gasteiger partial charge in [0, 0.05) is 19.4 Å². The summed E-state index contributed by atoms with van der Waals surface area (Å²) in [5, 5.41) is 17.2. The zero-order chi connectivity index (χ0) is 16.1. The predicted molar refractivity (Wildman–Crippen MR) is 78.2 cm³/mol. The minimum absolute atomic E-state index is 0.0640. The number of carbonyl (C=O) groups is 3. The van der Waals surface area contributed by atoms with E-state index in [2.05, 4.69) is 16.0 Å². The number of amides is 3. The van der Waals surface area contributed by atoms with Crippen molar-refractivity contribution < 1.29 is 14.4 Å². The molecule has 3 N–H and O–H groups in total. The van der Waals surface area contributed by atoms with Gasteiger partial charge in [0.2, 0.25) is 17.7 Å². The Kier molecular flexibility index (Phi) is 5.36. The lowest BCUT2D eigenvalue weighted by molar-refractivity contribution is -0.129. The van der Waals surface area contributed by atoms with E-state index in [4.69, 9.17) is 0 Å². The molecule has 3 atom stereocenters. The Hall–Kier alpha value is -2.10. The van der Waals surface area contributed by atoms with Crippen LogP contribution in [-0.2, 0) is 14.4 Å². The average Bonchev–Trinajstić information content (AvgIpc) is 3.19. The molecule has 2 aliphatic rings. The molecule has 0 spiro atoms. The maximum absolute atomic E-state index is 12.3. The van der Waals surface area contributed by atoms with Gasteiger partial charge in [-0.3, -0.25) is 14.4 Å². The Bertz CT molecular complexity index is 496. The molecule has 2 rings (SSSR count). The predicted octanol–water partition coefficient (Wildman–Crippen LogP) is -0.174. The molecule has 1 saturated carbocycles. The van der Waals surface area contributed by atoms with Crippen molar-refractivity contribution in [2.75, 3.05) is 6.54 Å². The van der Waals surface area contributed by atoms with Crippen LogP contribution in [0.3, 0.4) is 0 Å². The van der Waals surface area contributed by atoms with Crippen molar-refractivity contribution >= 4 is 17.7 Å². The van der Waals surface area contributed by atoms with Gasteiger partial charge in [-0.2, -0.15) is 5.26 Å². The summed E-state index contributed by atoms with van der Waals surface area (Å²) in [5.41, 5.74) is 0. The lowest BCUT2D eigenvalue weighted by Gasteiger charge is -2.20. The number of hydrogen-bond donors (Lipinski definition) is 3. The molecule has 120 valence electrons. The zero-order valence-electron chi connectivity index (χ0n) is 12.7. The van der Waals surface area contributed by atoms with Crippen molar-refractivity contribution in [2.24, 2.45) is 11.8 Å². The first-order valence-corrected chi connectivity index (χ1v) is 7.74. The second-order valence-electron chi connectivity index (χ2n) is 6.13. The molecule has 0 bridgehead atoms. The van der Waals surface area contributed by atoms with Gasteiger partial charge in [0.15, 0.2) is 0 Å². The fourth-order valence-corrected chi connectivity index (χ4v) is 2.73. The molecule has 0 aromatic rings. The third-order valence-electron chi connectivity index (χ3n) is 4.12. The van der Waals surface area contributed by atoms with E-state index < -0.39 is 12.1 Å². The Morgan fingerprint density at radius 1 is 1.32 bits per heavy atom. The van der Waals surface area contributed by atoms with Crippen molar-refractivity contribution in [3.8, 4) is 6.07 Å². The van der Waals surface area contributed by atoms with Gasteiger partial charge in [0.05, 0.1) is 6.07 Å². The lowest BCUT2D eigenvalue weighted by atomic mass is 9.98. The highest BCUT2D eigenvalue weighted by atomic mass is 16.2. The van der Waals surface area contributed by atoms with E-state index in [0.717, 1.165) is 12.8 Å². The van der Waals surface area contributed by atoms with Crippen LogP contribution in [0, 0.1) is 23.2 Å². The third-order valence-corrected chi connectivity index (χ3v) is 4.12. The third kappa shape index (κ3) is 4.72. The SMILES string of the molecule is CC(=O)N[C@@H](CC1CC1)C(=O)N[C@H](C#N)C[C@@H]1CCNC1=O. The van der Waals surface area contributed by atoms with Gasteiger partial charge < -0.3 is 16.0 Å². The standard InChI is InChI=1S/C15H22N4O3/c1-9(20)18-13(6-10-2-3-10)15(22)19-12(8-16)7-11-4-5-17-14(11)21/h10-13H,2-7H2,1H3,(H,17,21)(H,18,20)(H,19,22)/t11-,12-,13-/m0/s1. The van der Waals surface area contributed by atoms with Crippen LogP contribution >= 0.6 is 0 Å². The number of nitriles is 1. The highest BCUT2D eigenvalue weighted by Crippen LogP contribution is 2.33. The van der Waals surface area contributed by atoms with E-state index in [-0.39, 0.29) is 23.6 Å². The van der Waals surface area contributed by atoms with E-state index in [0.29, 0.717) is 31.7 Å². The molecular formula is C15H22N4O3. The summed E-state index contributed by atoms with van der Waals surface area (Å²) in [5.74, 6) is -0.418. The van der Waals surface area contributed by atoms with Gasteiger partial charge in [0.1, 0.15) is 12.1 Å². The first-order valence-electron chi connectivity index (χ1n) is 7.74. The van der Waals surface area contributed by atoms with Crippen LogP contribution in [0.4, 0.5) is 0 Å². The normalized spacial score (nSPS) is 23.1. The maximum Gasteiger partial charge on any atom is 0.243 e. The molecule has 1 aliphatic carbocycles. The smallest absolute Gasteiger partial charge is 0.243 e. The van der Waals surface area contributed by atoms with Gasteiger partial charge in [-0.1, -0.05) is 12.8 Å². The summed E-state index contributed by atoms with van der Waals surface area (Å²) in [6.45, 7) is 1.99. The summed E-state index contributed by atoms with van der Waals surface area (Å²) in [4.78, 5) is 35.1. The monoisotopic (exact) mass is 306 g/mol. The van der Waals surface area contributed by atoms with Gasteiger partial charge >= 0.3 is 0 Å². The molecule has 2 fully saturated rings. The summed E-state index contributed by atoms with van der Waals surface area (Å²) in [6.07, 6.45) is 3.75. The van der Waals surface area contributed by atoms with Crippen LogP contribution in [0.1, 0.15) is 39.0 Å². The molecule has 1 aliphatic heterocycles. The number of nitrogens with zero attached hydrogens (tertiary/aromatic N) is 1. The molecule has 3 amide bonds. The minimum Gasteiger partial charge on any atom is -0.356 e. The Morgan fingerprint density at radius 2 is 2.05 bits per heavy atom. The number of rotatable bonds is 7. The highest BCUT2D eigenvalue weighted by Gasteiger charge is 2.32. The van der Waals surface area contributed by atoms with Crippen LogP contribution < -0.4 is 16.0 Å². The molecular weight excluding hydrogens is 284 g/mol. The van der Waals surface area contributed by atoms with Crippen LogP contribution in [0.5, 0.6) is 0 Å². The van der Waals surface area contributed by atoms with E-state index in [1.165, 1.54) is 6.92 Å². The molecule has 1 saturated heterocycles. The molecule has 0 aromatic heterocycles. The molecule has 0 radical (unpaired) electrons. The molecule has 1 heterocycles. The summed E-state index contributed by atoms with van der Waals surface area (Å²) in [7, 11) is 0. The van der Waals surface area contributed by atoms with Gasteiger partial charge in [-0.05, 0) is 25.2 Å². The van der Waals surface area contributed by atoms with E-state index in [9.17, 15) is 19.6 Å². The second-order valence-corrected chi connectivity index (χ2v) is 6.13. The second kappa shape index (κ2) is 7.25. The van der Waals surface area contributed by atoms with Gasteiger partial charge in [0.25, 0.3) is 0 Å². The average molecular weight is 306 g/mol. The van der Waals surface area contributed by atoms with Gasteiger partial charge in [-0.15, -0.1) is 0 Å². The minimum atomic E-state index is -0.711. The zero-order valence-corrected chi connectivity index (χ0v) is 12.7. The van der Waals surface area contributed by atoms with Crippen LogP contribution in [0.25, 0.3) is 0 Å². The van der Waals surface area contributed by atoms with Crippen molar-refractivity contribution in [3.05, 3.63) is 0 Å². The Morgan fingerprint density at radius 3 is 2.55 bits per heavy atom. The summed E-state index contributed by atoms with van der Waals surface area (Å²) in [6, 6.07) is 0.723. The molecule has 22 heavy (non-hydrogen) atoms. The highest BCUT2D eigenvalue weighted by molar-refractivity contribution is 5.87. The van der Waals surface area contributed by atoms with Crippen molar-refractivity contribution in [3.63, 3.8) is 0 Å². The first-order chi connectivity index (χ1) is 10.5. The molecule has 0 unspecified atom stereocenters. The largest absolute Gasteiger partial charge is 0.356 e. The fraction of sp³-hybridized carbons (Fsp3) is 0.733. The summed E-state index contributed by atoms with van der Waals surface area (Å²) < 4.78 is 0.